The molecule has 0 aliphatic heterocycles. The van der Waals surface area contributed by atoms with Gasteiger partial charge in [0.1, 0.15) is 0 Å². The smallest absolute Gasteiger partial charge is 0.251 e. The Morgan fingerprint density at radius 2 is 2.00 bits per heavy atom. The fraction of sp³-hybridized carbons (Fsp3) is 0.625. The van der Waals surface area contributed by atoms with Crippen molar-refractivity contribution in [2.75, 3.05) is 26.7 Å². The molecule has 21 heavy (non-hydrogen) atoms. The number of hydrogen-bond donors (Lipinski definition) is 2. The second kappa shape index (κ2) is 7.29. The standard InChI is InChI=1S/C16H24F2N2O/c1-20(11-15(17)18)10-9-16(12-21,19-14-7-8-14)13-5-3-2-4-6-13/h2-6,14-15,19,21H,7-12H2,1H3. The quantitative estimate of drug-likeness (QED) is 0.734. The van der Waals surface area contributed by atoms with E-state index >= 15 is 0 Å². The van der Waals surface area contributed by atoms with Gasteiger partial charge < -0.3 is 15.3 Å². The molecule has 0 aromatic heterocycles. The second-order valence-corrected chi connectivity index (χ2v) is 5.93. The molecule has 1 aliphatic rings. The van der Waals surface area contributed by atoms with Gasteiger partial charge in [-0.25, -0.2) is 8.78 Å². The van der Waals surface area contributed by atoms with Gasteiger partial charge in [-0.05, 0) is 31.9 Å². The Bertz CT molecular complexity index is 426. The predicted octanol–water partition coefficient (Wildman–Crippen LogP) is 2.21. The normalized spacial score (nSPS) is 18.2. The molecule has 1 saturated carbocycles. The van der Waals surface area contributed by atoms with Crippen LogP contribution in [0.5, 0.6) is 0 Å². The maximum atomic E-state index is 12.4. The van der Waals surface area contributed by atoms with Crippen molar-refractivity contribution in [3.05, 3.63) is 35.9 Å². The molecule has 0 saturated heterocycles. The van der Waals surface area contributed by atoms with Gasteiger partial charge in [0.2, 0.25) is 0 Å². The summed E-state index contributed by atoms with van der Waals surface area (Å²) in [5, 5.41) is 13.5. The molecule has 3 nitrogen and oxygen atoms in total. The van der Waals surface area contributed by atoms with Crippen LogP contribution in [-0.2, 0) is 5.54 Å². The molecule has 0 heterocycles. The molecule has 5 heteroatoms. The number of aliphatic hydroxyl groups excluding tert-OH is 1. The van der Waals surface area contributed by atoms with Crippen molar-refractivity contribution in [1.29, 1.82) is 0 Å². The highest BCUT2D eigenvalue weighted by Crippen LogP contribution is 2.31. The number of benzene rings is 1. The van der Waals surface area contributed by atoms with E-state index in [1.165, 1.54) is 0 Å². The van der Waals surface area contributed by atoms with Crippen LogP contribution in [0.2, 0.25) is 0 Å². The molecule has 2 rings (SSSR count). The highest BCUT2D eigenvalue weighted by Gasteiger charge is 2.37. The Kier molecular flexibility index (Phi) is 5.67. The summed E-state index contributed by atoms with van der Waals surface area (Å²) in [7, 11) is 1.69. The number of aliphatic hydroxyl groups is 1. The SMILES string of the molecule is CN(CCC(CO)(NC1CC1)c1ccccc1)CC(F)F. The minimum Gasteiger partial charge on any atom is -0.394 e. The summed E-state index contributed by atoms with van der Waals surface area (Å²) in [5.74, 6) is 0. The summed E-state index contributed by atoms with van der Waals surface area (Å²) < 4.78 is 24.8. The second-order valence-electron chi connectivity index (χ2n) is 5.93. The fourth-order valence-corrected chi connectivity index (χ4v) is 2.60. The fourth-order valence-electron chi connectivity index (χ4n) is 2.60. The lowest BCUT2D eigenvalue weighted by atomic mass is 9.86. The number of rotatable bonds is 9. The first-order chi connectivity index (χ1) is 10.1. The maximum absolute atomic E-state index is 12.4. The van der Waals surface area contributed by atoms with Gasteiger partial charge in [0.15, 0.2) is 0 Å². The Morgan fingerprint density at radius 3 is 2.52 bits per heavy atom. The molecule has 1 fully saturated rings. The summed E-state index contributed by atoms with van der Waals surface area (Å²) in [4.78, 5) is 1.62. The summed E-state index contributed by atoms with van der Waals surface area (Å²) in [6, 6.07) is 10.2. The molecule has 1 aliphatic carbocycles. The van der Waals surface area contributed by atoms with Crippen LogP contribution in [0.25, 0.3) is 0 Å². The van der Waals surface area contributed by atoms with Crippen molar-refractivity contribution in [1.82, 2.24) is 10.2 Å². The summed E-state index contributed by atoms with van der Waals surface area (Å²) in [5.41, 5.74) is 0.476. The molecule has 0 radical (unpaired) electrons. The van der Waals surface area contributed by atoms with Crippen molar-refractivity contribution < 1.29 is 13.9 Å². The van der Waals surface area contributed by atoms with E-state index in [4.69, 9.17) is 0 Å². The van der Waals surface area contributed by atoms with Crippen molar-refractivity contribution in [2.45, 2.75) is 37.3 Å². The number of nitrogens with one attached hydrogen (secondary N) is 1. The van der Waals surface area contributed by atoms with Crippen molar-refractivity contribution >= 4 is 0 Å². The van der Waals surface area contributed by atoms with Gasteiger partial charge in [-0.1, -0.05) is 30.3 Å². The number of hydrogen-bond acceptors (Lipinski definition) is 3. The van der Waals surface area contributed by atoms with Crippen LogP contribution < -0.4 is 5.32 Å². The van der Waals surface area contributed by atoms with Gasteiger partial charge in [0.05, 0.1) is 18.7 Å². The third kappa shape index (κ3) is 4.73. The Labute approximate surface area is 125 Å². The Hall–Kier alpha value is -1.04. The topological polar surface area (TPSA) is 35.5 Å². The average molecular weight is 298 g/mol. The van der Waals surface area contributed by atoms with Gasteiger partial charge in [0, 0.05) is 12.6 Å². The van der Waals surface area contributed by atoms with E-state index in [-0.39, 0.29) is 13.2 Å². The average Bonchev–Trinajstić information content (AvgIpc) is 3.27. The first-order valence-electron chi connectivity index (χ1n) is 7.46. The number of nitrogens with zero attached hydrogens (tertiary/aromatic N) is 1. The van der Waals surface area contributed by atoms with Crippen LogP contribution >= 0.6 is 0 Å². The molecule has 1 unspecified atom stereocenters. The molecule has 1 aromatic rings. The maximum Gasteiger partial charge on any atom is 0.251 e. The molecule has 2 N–H and O–H groups in total. The van der Waals surface area contributed by atoms with Gasteiger partial charge in [-0.2, -0.15) is 0 Å². The summed E-state index contributed by atoms with van der Waals surface area (Å²) in [6.07, 6.45) is 0.502. The third-order valence-electron chi connectivity index (χ3n) is 4.02. The highest BCUT2D eigenvalue weighted by molar-refractivity contribution is 5.25. The zero-order chi connectivity index (χ0) is 15.3. The third-order valence-corrected chi connectivity index (χ3v) is 4.02. The molecule has 1 aromatic carbocycles. The van der Waals surface area contributed by atoms with Crippen LogP contribution in [0.1, 0.15) is 24.8 Å². The van der Waals surface area contributed by atoms with Gasteiger partial charge in [0.25, 0.3) is 6.43 Å². The van der Waals surface area contributed by atoms with Crippen LogP contribution in [0.4, 0.5) is 8.78 Å². The zero-order valence-electron chi connectivity index (χ0n) is 12.4. The van der Waals surface area contributed by atoms with Gasteiger partial charge in [-0.15, -0.1) is 0 Å². The van der Waals surface area contributed by atoms with Crippen LogP contribution in [0.3, 0.4) is 0 Å². The molecule has 0 amide bonds. The number of halogens is 2. The molecular formula is C16H24F2N2O. The molecule has 118 valence electrons. The summed E-state index contributed by atoms with van der Waals surface area (Å²) in [6.45, 7) is 0.245. The van der Waals surface area contributed by atoms with Crippen molar-refractivity contribution in [3.63, 3.8) is 0 Å². The van der Waals surface area contributed by atoms with E-state index in [1.807, 2.05) is 30.3 Å². The first kappa shape index (κ1) is 16.3. The van der Waals surface area contributed by atoms with Crippen LogP contribution in [-0.4, -0.2) is 49.2 Å². The lowest BCUT2D eigenvalue weighted by Crippen LogP contribution is -2.49. The van der Waals surface area contributed by atoms with Gasteiger partial charge in [-0.3, -0.25) is 0 Å². The van der Waals surface area contributed by atoms with Crippen molar-refractivity contribution in [2.24, 2.45) is 0 Å². The predicted molar refractivity (Wildman–Crippen MR) is 79.5 cm³/mol. The van der Waals surface area contributed by atoms with Crippen LogP contribution in [0.15, 0.2) is 30.3 Å². The van der Waals surface area contributed by atoms with E-state index in [2.05, 4.69) is 5.32 Å². The largest absolute Gasteiger partial charge is 0.394 e. The van der Waals surface area contributed by atoms with E-state index in [9.17, 15) is 13.9 Å². The van der Waals surface area contributed by atoms with Crippen molar-refractivity contribution in [3.8, 4) is 0 Å². The molecule has 0 spiro atoms. The molecule has 0 bridgehead atoms. The van der Waals surface area contributed by atoms with E-state index in [0.717, 1.165) is 18.4 Å². The first-order valence-corrected chi connectivity index (χ1v) is 7.46. The minimum atomic E-state index is -2.33. The lowest BCUT2D eigenvalue weighted by Gasteiger charge is -2.35. The summed E-state index contributed by atoms with van der Waals surface area (Å²) >= 11 is 0. The monoisotopic (exact) mass is 298 g/mol. The van der Waals surface area contributed by atoms with E-state index < -0.39 is 12.0 Å². The van der Waals surface area contributed by atoms with E-state index in [0.29, 0.717) is 19.0 Å². The minimum absolute atomic E-state index is 0.0317. The van der Waals surface area contributed by atoms with Gasteiger partial charge >= 0.3 is 0 Å². The van der Waals surface area contributed by atoms with E-state index in [1.54, 1.807) is 11.9 Å². The Morgan fingerprint density at radius 1 is 1.33 bits per heavy atom. The van der Waals surface area contributed by atoms with Crippen LogP contribution in [0, 0.1) is 0 Å². The Balaban J connectivity index is 2.07. The highest BCUT2D eigenvalue weighted by atomic mass is 19.3. The zero-order valence-corrected chi connectivity index (χ0v) is 12.4. The lowest BCUT2D eigenvalue weighted by molar-refractivity contribution is 0.0859. The molecular weight excluding hydrogens is 274 g/mol. The molecule has 1 atom stereocenters. The number of alkyl halides is 2.